The van der Waals surface area contributed by atoms with Crippen LogP contribution in [-0.2, 0) is 0 Å². The summed E-state index contributed by atoms with van der Waals surface area (Å²) >= 11 is 0. The van der Waals surface area contributed by atoms with Crippen molar-refractivity contribution in [1.82, 2.24) is 4.90 Å². The number of carbonyl (C=O) groups is 2. The lowest BCUT2D eigenvalue weighted by atomic mass is 9.98. The molecule has 0 radical (unpaired) electrons. The van der Waals surface area contributed by atoms with E-state index >= 15 is 0 Å². The van der Waals surface area contributed by atoms with Crippen LogP contribution in [0.15, 0.2) is 42.5 Å². The Bertz CT molecular complexity index is 864. The fourth-order valence-electron chi connectivity index (χ4n) is 3.74. The van der Waals surface area contributed by atoms with Crippen molar-refractivity contribution in [3.8, 4) is 11.5 Å². The van der Waals surface area contributed by atoms with Gasteiger partial charge in [0.25, 0.3) is 11.8 Å². The second kappa shape index (κ2) is 9.45. The van der Waals surface area contributed by atoms with Crippen LogP contribution in [0.25, 0.3) is 0 Å². The van der Waals surface area contributed by atoms with Crippen molar-refractivity contribution in [2.24, 2.45) is 0 Å². The van der Waals surface area contributed by atoms with Crippen LogP contribution in [0, 0.1) is 0 Å². The van der Waals surface area contributed by atoms with Gasteiger partial charge in [0, 0.05) is 35.5 Å². The van der Waals surface area contributed by atoms with Gasteiger partial charge in [-0.2, -0.15) is 0 Å². The van der Waals surface area contributed by atoms with Gasteiger partial charge in [0.1, 0.15) is 0 Å². The first-order valence-electron chi connectivity index (χ1n) is 10.0. The Morgan fingerprint density at radius 3 is 2.34 bits per heavy atom. The van der Waals surface area contributed by atoms with Crippen molar-refractivity contribution in [3.05, 3.63) is 53.6 Å². The Morgan fingerprint density at radius 1 is 1.00 bits per heavy atom. The molecule has 6 heteroatoms. The standard InChI is InChI=1S/C23H28N2O4/c1-4-19-7-5-6-14-25(19)23(27)17-10-8-16(9-11-17)22(26)24-18-12-13-20(28-2)21(15-18)29-3/h8-13,15,19H,4-7,14H2,1-3H3,(H,24,26). The molecule has 3 rings (SSSR count). The van der Waals surface area contributed by atoms with Gasteiger partial charge in [-0.3, -0.25) is 9.59 Å². The van der Waals surface area contributed by atoms with Crippen molar-refractivity contribution in [2.75, 3.05) is 26.1 Å². The maximum Gasteiger partial charge on any atom is 0.255 e. The zero-order valence-electron chi connectivity index (χ0n) is 17.2. The van der Waals surface area contributed by atoms with Gasteiger partial charge in [-0.1, -0.05) is 6.92 Å². The molecule has 1 unspecified atom stereocenters. The fraction of sp³-hybridized carbons (Fsp3) is 0.391. The van der Waals surface area contributed by atoms with Crippen LogP contribution in [0.5, 0.6) is 11.5 Å². The zero-order valence-corrected chi connectivity index (χ0v) is 17.2. The predicted octanol–water partition coefficient (Wildman–Crippen LogP) is 4.36. The number of likely N-dealkylation sites (tertiary alicyclic amines) is 1. The second-order valence-corrected chi connectivity index (χ2v) is 7.16. The molecular formula is C23H28N2O4. The zero-order chi connectivity index (χ0) is 20.8. The van der Waals surface area contributed by atoms with Crippen LogP contribution >= 0.6 is 0 Å². The third-order valence-corrected chi connectivity index (χ3v) is 5.39. The molecule has 29 heavy (non-hydrogen) atoms. The van der Waals surface area contributed by atoms with Crippen LogP contribution in [-0.4, -0.2) is 43.5 Å². The normalized spacial score (nSPS) is 16.2. The predicted molar refractivity (Wildman–Crippen MR) is 113 cm³/mol. The minimum Gasteiger partial charge on any atom is -0.493 e. The van der Waals surface area contributed by atoms with Gasteiger partial charge in [-0.05, 0) is 62.1 Å². The SMILES string of the molecule is CCC1CCCCN1C(=O)c1ccc(C(=O)Nc2ccc(OC)c(OC)c2)cc1. The summed E-state index contributed by atoms with van der Waals surface area (Å²) < 4.78 is 10.5. The first-order valence-corrected chi connectivity index (χ1v) is 10.0. The molecular weight excluding hydrogens is 368 g/mol. The first-order chi connectivity index (χ1) is 14.1. The maximum atomic E-state index is 12.9. The molecule has 2 aromatic rings. The largest absolute Gasteiger partial charge is 0.493 e. The van der Waals surface area contributed by atoms with Gasteiger partial charge in [0.15, 0.2) is 11.5 Å². The van der Waals surface area contributed by atoms with Crippen LogP contribution in [0.1, 0.15) is 53.3 Å². The number of nitrogens with zero attached hydrogens (tertiary/aromatic N) is 1. The number of hydrogen-bond donors (Lipinski definition) is 1. The van der Waals surface area contributed by atoms with Crippen LogP contribution < -0.4 is 14.8 Å². The minimum atomic E-state index is -0.249. The number of methoxy groups -OCH3 is 2. The number of anilines is 1. The molecule has 0 saturated carbocycles. The third kappa shape index (κ3) is 4.70. The number of amides is 2. The van der Waals surface area contributed by atoms with Crippen LogP contribution in [0.3, 0.4) is 0 Å². The van der Waals surface area contributed by atoms with Gasteiger partial charge in [-0.25, -0.2) is 0 Å². The Morgan fingerprint density at radius 2 is 1.69 bits per heavy atom. The number of rotatable bonds is 6. The van der Waals surface area contributed by atoms with E-state index in [1.807, 2.05) is 4.90 Å². The number of benzene rings is 2. The highest BCUT2D eigenvalue weighted by Gasteiger charge is 2.26. The molecule has 2 amide bonds. The van der Waals surface area contributed by atoms with E-state index in [0.717, 1.165) is 25.8 Å². The molecule has 1 N–H and O–H groups in total. The van der Waals surface area contributed by atoms with E-state index in [2.05, 4.69) is 12.2 Å². The van der Waals surface area contributed by atoms with Crippen molar-refractivity contribution in [3.63, 3.8) is 0 Å². The number of ether oxygens (including phenoxy) is 2. The Balaban J connectivity index is 1.69. The van der Waals surface area contributed by atoms with Gasteiger partial charge in [0.2, 0.25) is 0 Å². The van der Waals surface area contributed by atoms with E-state index in [1.54, 1.807) is 56.7 Å². The Kier molecular flexibility index (Phi) is 6.75. The summed E-state index contributed by atoms with van der Waals surface area (Å²) in [4.78, 5) is 27.4. The van der Waals surface area contributed by atoms with E-state index in [-0.39, 0.29) is 11.8 Å². The topological polar surface area (TPSA) is 67.9 Å². The maximum absolute atomic E-state index is 12.9. The number of nitrogens with one attached hydrogen (secondary N) is 1. The second-order valence-electron chi connectivity index (χ2n) is 7.16. The third-order valence-electron chi connectivity index (χ3n) is 5.39. The molecule has 2 aromatic carbocycles. The van der Waals surface area contributed by atoms with E-state index in [1.165, 1.54) is 6.42 Å². The lowest BCUT2D eigenvalue weighted by Crippen LogP contribution is -2.43. The molecule has 1 aliphatic heterocycles. The smallest absolute Gasteiger partial charge is 0.255 e. The fourth-order valence-corrected chi connectivity index (χ4v) is 3.74. The number of carbonyl (C=O) groups excluding carboxylic acids is 2. The Labute approximate surface area is 171 Å². The monoisotopic (exact) mass is 396 g/mol. The summed E-state index contributed by atoms with van der Waals surface area (Å²) in [7, 11) is 3.11. The van der Waals surface area contributed by atoms with E-state index < -0.39 is 0 Å². The molecule has 0 aliphatic carbocycles. The number of piperidine rings is 1. The van der Waals surface area contributed by atoms with E-state index in [9.17, 15) is 9.59 Å². The molecule has 0 aromatic heterocycles. The van der Waals surface area contributed by atoms with Crippen LogP contribution in [0.4, 0.5) is 5.69 Å². The quantitative estimate of drug-likeness (QED) is 0.788. The summed E-state index contributed by atoms with van der Waals surface area (Å²) in [5.41, 5.74) is 1.71. The summed E-state index contributed by atoms with van der Waals surface area (Å²) in [6.07, 6.45) is 4.26. The summed E-state index contributed by atoms with van der Waals surface area (Å²) in [5.74, 6) is 0.929. The van der Waals surface area contributed by atoms with Gasteiger partial charge >= 0.3 is 0 Å². The highest BCUT2D eigenvalue weighted by molar-refractivity contribution is 6.05. The molecule has 1 aliphatic rings. The van der Waals surface area contributed by atoms with Crippen molar-refractivity contribution in [1.29, 1.82) is 0 Å². The van der Waals surface area contributed by atoms with Crippen molar-refractivity contribution >= 4 is 17.5 Å². The van der Waals surface area contributed by atoms with Crippen molar-refractivity contribution in [2.45, 2.75) is 38.6 Å². The number of hydrogen-bond acceptors (Lipinski definition) is 4. The average molecular weight is 396 g/mol. The molecule has 0 bridgehead atoms. The molecule has 1 atom stereocenters. The van der Waals surface area contributed by atoms with Crippen molar-refractivity contribution < 1.29 is 19.1 Å². The van der Waals surface area contributed by atoms with Crippen LogP contribution in [0.2, 0.25) is 0 Å². The minimum absolute atomic E-state index is 0.0448. The average Bonchev–Trinajstić information content (AvgIpc) is 2.78. The summed E-state index contributed by atoms with van der Waals surface area (Å²) in [5, 5.41) is 2.84. The van der Waals surface area contributed by atoms with Gasteiger partial charge in [0.05, 0.1) is 14.2 Å². The molecule has 6 nitrogen and oxygen atoms in total. The first kappa shape index (κ1) is 20.7. The molecule has 0 spiro atoms. The van der Waals surface area contributed by atoms with E-state index in [0.29, 0.717) is 34.4 Å². The summed E-state index contributed by atoms with van der Waals surface area (Å²) in [6.45, 7) is 2.93. The lowest BCUT2D eigenvalue weighted by molar-refractivity contribution is 0.0607. The molecule has 1 fully saturated rings. The van der Waals surface area contributed by atoms with E-state index in [4.69, 9.17) is 9.47 Å². The highest BCUT2D eigenvalue weighted by atomic mass is 16.5. The highest BCUT2D eigenvalue weighted by Crippen LogP contribution is 2.30. The van der Waals surface area contributed by atoms with Gasteiger partial charge < -0.3 is 19.7 Å². The molecule has 1 saturated heterocycles. The van der Waals surface area contributed by atoms with Gasteiger partial charge in [-0.15, -0.1) is 0 Å². The Hall–Kier alpha value is -3.02. The molecule has 1 heterocycles. The summed E-state index contributed by atoms with van der Waals surface area (Å²) in [6, 6.07) is 12.3. The molecule has 154 valence electrons. The lowest BCUT2D eigenvalue weighted by Gasteiger charge is -2.35.